The zero-order valence-electron chi connectivity index (χ0n) is 48.9. The third kappa shape index (κ3) is 56.7. The molecule has 8 nitrogen and oxygen atoms in total. The van der Waals surface area contributed by atoms with Gasteiger partial charge >= 0.3 is 7.82 Å². The number of carbonyl (C=O) groups excluding carboxylic acids is 1. The molecular formula is C63H126N2O6P+. The maximum atomic E-state index is 13.0. The predicted molar refractivity (Wildman–Crippen MR) is 314 cm³/mol. The predicted octanol–water partition coefficient (Wildman–Crippen LogP) is 19.5. The molecule has 72 heavy (non-hydrogen) atoms. The Labute approximate surface area is 449 Å². The summed E-state index contributed by atoms with van der Waals surface area (Å²) < 4.78 is 23.8. The van der Waals surface area contributed by atoms with Crippen molar-refractivity contribution in [3.63, 3.8) is 0 Å². The molecule has 0 aromatic heterocycles. The van der Waals surface area contributed by atoms with Gasteiger partial charge in [0.2, 0.25) is 5.91 Å². The van der Waals surface area contributed by atoms with Crippen molar-refractivity contribution in [2.75, 3.05) is 40.9 Å². The first-order valence-electron chi connectivity index (χ1n) is 31.7. The maximum Gasteiger partial charge on any atom is 0.472 e. The lowest BCUT2D eigenvalue weighted by atomic mass is 10.0. The minimum absolute atomic E-state index is 0.0771. The summed E-state index contributed by atoms with van der Waals surface area (Å²) in [7, 11) is 1.63. The van der Waals surface area contributed by atoms with Crippen LogP contribution in [0.25, 0.3) is 0 Å². The Morgan fingerprint density at radius 2 is 0.792 bits per heavy atom. The summed E-state index contributed by atoms with van der Waals surface area (Å²) >= 11 is 0. The Kier molecular flexibility index (Phi) is 54.0. The van der Waals surface area contributed by atoms with Crippen LogP contribution in [0.1, 0.15) is 322 Å². The van der Waals surface area contributed by atoms with Gasteiger partial charge in [-0.1, -0.05) is 295 Å². The fourth-order valence-corrected chi connectivity index (χ4v) is 10.5. The minimum Gasteiger partial charge on any atom is -0.391 e. The van der Waals surface area contributed by atoms with Crippen LogP contribution in [0.4, 0.5) is 0 Å². The number of phosphoric ester groups is 1. The Balaban J connectivity index is 4.06. The normalized spacial score (nSPS) is 13.9. The third-order valence-electron chi connectivity index (χ3n) is 14.7. The van der Waals surface area contributed by atoms with E-state index in [-0.39, 0.29) is 19.1 Å². The van der Waals surface area contributed by atoms with E-state index >= 15 is 0 Å². The second kappa shape index (κ2) is 54.8. The zero-order chi connectivity index (χ0) is 52.7. The van der Waals surface area contributed by atoms with E-state index in [1.807, 2.05) is 21.1 Å². The molecule has 0 aliphatic carbocycles. The van der Waals surface area contributed by atoms with Crippen LogP contribution in [0, 0.1) is 0 Å². The highest BCUT2D eigenvalue weighted by Gasteiger charge is 2.28. The van der Waals surface area contributed by atoms with Gasteiger partial charge < -0.3 is 19.8 Å². The Morgan fingerprint density at radius 1 is 0.472 bits per heavy atom. The van der Waals surface area contributed by atoms with E-state index in [2.05, 4.69) is 43.5 Å². The van der Waals surface area contributed by atoms with E-state index < -0.39 is 20.0 Å². The first kappa shape index (κ1) is 71.0. The standard InChI is InChI=1S/C63H125N2O6P/c1-6-8-10-12-14-16-18-20-22-24-26-28-29-30-31-32-33-34-35-37-39-41-43-45-47-49-51-53-55-57-63(67)64-61(60-71-72(68,69)70-59-58-65(3,4)5)62(66)56-54-52-50-48-46-44-42-40-38-36-27-25-23-21-19-17-15-13-11-9-7-2/h18,20,24,26,61-62,66H,6-17,19,21-23,25,27-60H2,1-5H3,(H-,64,67,68,69)/p+1/b20-18-,26-24-. The molecule has 9 heteroatoms. The SMILES string of the molecule is CCCCCCC/C=C\C/C=C\CCCCCCCCCCCCCCCCCCCC(=O)NC(COP(=O)(O)OCC[N+](C)(C)C)C(O)CCCCCCCCCCCCCCCCCCCCCCC. The minimum atomic E-state index is -4.32. The number of carbonyl (C=O) groups is 1. The van der Waals surface area contributed by atoms with E-state index in [9.17, 15) is 19.4 Å². The van der Waals surface area contributed by atoms with Crippen molar-refractivity contribution in [1.29, 1.82) is 0 Å². The molecule has 0 radical (unpaired) electrons. The average Bonchev–Trinajstić information content (AvgIpc) is 3.34. The van der Waals surface area contributed by atoms with Crippen LogP contribution in [0.3, 0.4) is 0 Å². The fourth-order valence-electron chi connectivity index (χ4n) is 9.73. The molecule has 0 aromatic carbocycles. The molecular weight excluding hydrogens is 912 g/mol. The number of quaternary nitrogens is 1. The van der Waals surface area contributed by atoms with Crippen LogP contribution in [-0.2, 0) is 18.4 Å². The van der Waals surface area contributed by atoms with Gasteiger partial charge in [-0.15, -0.1) is 0 Å². The van der Waals surface area contributed by atoms with E-state index in [1.54, 1.807) is 0 Å². The van der Waals surface area contributed by atoms with Crippen LogP contribution in [0.2, 0.25) is 0 Å². The van der Waals surface area contributed by atoms with Crippen molar-refractivity contribution < 1.29 is 32.9 Å². The largest absolute Gasteiger partial charge is 0.472 e. The van der Waals surface area contributed by atoms with Crippen molar-refractivity contribution >= 4 is 13.7 Å². The lowest BCUT2D eigenvalue weighted by Crippen LogP contribution is -2.46. The van der Waals surface area contributed by atoms with Gasteiger partial charge in [-0.3, -0.25) is 13.8 Å². The number of nitrogens with one attached hydrogen (secondary N) is 1. The number of hydrogen-bond donors (Lipinski definition) is 3. The first-order valence-corrected chi connectivity index (χ1v) is 33.2. The van der Waals surface area contributed by atoms with Crippen molar-refractivity contribution in [2.24, 2.45) is 0 Å². The first-order chi connectivity index (χ1) is 35.0. The van der Waals surface area contributed by atoms with E-state index in [0.717, 1.165) is 44.9 Å². The molecule has 0 rings (SSSR count). The molecule has 0 fully saturated rings. The summed E-state index contributed by atoms with van der Waals surface area (Å²) in [6.07, 6.45) is 69.6. The topological polar surface area (TPSA) is 105 Å². The highest BCUT2D eigenvalue weighted by atomic mass is 31.2. The number of allylic oxidation sites excluding steroid dienone is 4. The Bertz CT molecular complexity index is 1220. The highest BCUT2D eigenvalue weighted by molar-refractivity contribution is 7.47. The number of nitrogens with zero attached hydrogens (tertiary/aromatic N) is 1. The molecule has 1 amide bonds. The van der Waals surface area contributed by atoms with Crippen LogP contribution < -0.4 is 5.32 Å². The summed E-state index contributed by atoms with van der Waals surface area (Å²) in [5, 5.41) is 14.1. The molecule has 0 aliphatic rings. The van der Waals surface area contributed by atoms with Gasteiger partial charge in [0.05, 0.1) is 39.9 Å². The molecule has 0 aromatic rings. The maximum absolute atomic E-state index is 13.0. The molecule has 0 aliphatic heterocycles. The Hall–Kier alpha value is -1.02. The summed E-state index contributed by atoms with van der Waals surface area (Å²) in [4.78, 5) is 23.4. The van der Waals surface area contributed by atoms with E-state index in [4.69, 9.17) is 9.05 Å². The third-order valence-corrected chi connectivity index (χ3v) is 15.7. The van der Waals surface area contributed by atoms with Gasteiger partial charge in [0.1, 0.15) is 13.2 Å². The second-order valence-corrected chi connectivity index (χ2v) is 24.6. The molecule has 428 valence electrons. The number of rotatable bonds is 59. The summed E-state index contributed by atoms with van der Waals surface area (Å²) in [6, 6.07) is -0.759. The number of unbranched alkanes of at least 4 members (excludes halogenated alkanes) is 42. The summed E-state index contributed by atoms with van der Waals surface area (Å²) in [5.74, 6) is -0.138. The van der Waals surface area contributed by atoms with Crippen molar-refractivity contribution in [3.8, 4) is 0 Å². The number of phosphoric acid groups is 1. The van der Waals surface area contributed by atoms with Crippen LogP contribution in [-0.4, -0.2) is 73.4 Å². The second-order valence-electron chi connectivity index (χ2n) is 23.1. The van der Waals surface area contributed by atoms with E-state index in [1.165, 1.54) is 250 Å². The number of aliphatic hydroxyl groups is 1. The van der Waals surface area contributed by atoms with Gasteiger partial charge in [0.25, 0.3) is 0 Å². The average molecular weight is 1040 g/mol. The van der Waals surface area contributed by atoms with Crippen molar-refractivity contribution in [3.05, 3.63) is 24.3 Å². The number of aliphatic hydroxyl groups excluding tert-OH is 1. The van der Waals surface area contributed by atoms with Gasteiger partial charge in [-0.05, 0) is 44.9 Å². The number of amides is 1. The number of likely N-dealkylation sites (N-methyl/N-ethyl adjacent to an activating group) is 1. The van der Waals surface area contributed by atoms with Crippen molar-refractivity contribution in [1.82, 2.24) is 5.32 Å². The van der Waals surface area contributed by atoms with Gasteiger partial charge in [-0.2, -0.15) is 0 Å². The molecule has 3 unspecified atom stereocenters. The lowest BCUT2D eigenvalue weighted by Gasteiger charge is -2.26. The van der Waals surface area contributed by atoms with Crippen molar-refractivity contribution in [2.45, 2.75) is 334 Å². The summed E-state index contributed by atoms with van der Waals surface area (Å²) in [6.45, 7) is 4.93. The van der Waals surface area contributed by atoms with Crippen LogP contribution in [0.5, 0.6) is 0 Å². The molecule has 0 heterocycles. The lowest BCUT2D eigenvalue weighted by molar-refractivity contribution is -0.870. The molecule has 0 saturated heterocycles. The number of hydrogen-bond acceptors (Lipinski definition) is 5. The van der Waals surface area contributed by atoms with Gasteiger partial charge in [-0.25, -0.2) is 4.57 Å². The van der Waals surface area contributed by atoms with Crippen LogP contribution >= 0.6 is 7.82 Å². The smallest absolute Gasteiger partial charge is 0.391 e. The monoisotopic (exact) mass is 1040 g/mol. The zero-order valence-corrected chi connectivity index (χ0v) is 49.8. The molecule has 0 saturated carbocycles. The quantitative estimate of drug-likeness (QED) is 0.0243. The van der Waals surface area contributed by atoms with Gasteiger partial charge in [0.15, 0.2) is 0 Å². The molecule has 3 N–H and O–H groups in total. The summed E-state index contributed by atoms with van der Waals surface area (Å²) in [5.41, 5.74) is 0. The fraction of sp³-hybridized carbons (Fsp3) is 0.921. The van der Waals surface area contributed by atoms with Gasteiger partial charge in [0, 0.05) is 6.42 Å². The highest BCUT2D eigenvalue weighted by Crippen LogP contribution is 2.43. The van der Waals surface area contributed by atoms with E-state index in [0.29, 0.717) is 23.9 Å². The Morgan fingerprint density at radius 3 is 1.14 bits per heavy atom. The molecule has 0 bridgehead atoms. The molecule has 3 atom stereocenters. The molecule has 0 spiro atoms. The van der Waals surface area contributed by atoms with Crippen LogP contribution in [0.15, 0.2) is 24.3 Å².